The normalized spacial score (nSPS) is 18.5. The molecule has 0 fully saturated rings. The first kappa shape index (κ1) is 35.7. The fraction of sp³-hybridized carbons (Fsp3) is 0.333. The molecule has 7 heteroatoms. The standard InChI is InChI=1S/C45H47NO5S/c1-9-13-37-31(10-2)32-20-21-49-36-19-17-29(25-34(32)36)40-39(41(44(47)48-11-3)51-45(6,7)8)27(5)23-35-42(40)52-43(46-35)30-15-12-14-28(24-30)33-22-26(4)16-18-38(33)50-37/h9-10,12,14-19,22-25,31-32,37,41H,1-2,11,13,20-21H2,3-8H3/t31?,32?,37-,41+/m1/s1. The molecule has 7 rings (SSSR count). The molecule has 0 aliphatic carbocycles. The molecule has 3 heterocycles. The van der Waals surface area contributed by atoms with Crippen LogP contribution < -0.4 is 9.47 Å². The molecule has 0 radical (unpaired) electrons. The highest BCUT2D eigenvalue weighted by Crippen LogP contribution is 2.49. The molecule has 4 aromatic carbocycles. The van der Waals surface area contributed by atoms with Gasteiger partial charge in [-0.25, -0.2) is 9.78 Å². The van der Waals surface area contributed by atoms with Gasteiger partial charge in [0.1, 0.15) is 22.6 Å². The van der Waals surface area contributed by atoms with Crippen LogP contribution in [0.4, 0.5) is 0 Å². The van der Waals surface area contributed by atoms with Gasteiger partial charge in [0.2, 0.25) is 0 Å². The Balaban J connectivity index is 1.57. The van der Waals surface area contributed by atoms with Crippen LogP contribution in [-0.4, -0.2) is 35.9 Å². The number of esters is 1. The molecule has 2 aliphatic rings. The van der Waals surface area contributed by atoms with E-state index in [2.05, 4.69) is 86.8 Å². The first-order valence-corrected chi connectivity index (χ1v) is 19.0. The van der Waals surface area contributed by atoms with Crippen molar-refractivity contribution in [2.75, 3.05) is 13.2 Å². The summed E-state index contributed by atoms with van der Waals surface area (Å²) in [4.78, 5) is 19.1. The summed E-state index contributed by atoms with van der Waals surface area (Å²) in [6.07, 6.45) is 4.24. The van der Waals surface area contributed by atoms with Crippen molar-refractivity contribution in [3.63, 3.8) is 0 Å². The Bertz CT molecular complexity index is 2170. The molecule has 0 spiro atoms. The number of thiazole rings is 1. The summed E-state index contributed by atoms with van der Waals surface area (Å²) in [7, 11) is 0. The minimum atomic E-state index is -0.951. The van der Waals surface area contributed by atoms with Gasteiger partial charge < -0.3 is 18.9 Å². The zero-order chi connectivity index (χ0) is 36.7. The van der Waals surface area contributed by atoms with Crippen LogP contribution in [0.25, 0.3) is 43.0 Å². The quantitative estimate of drug-likeness (QED) is 0.124. The van der Waals surface area contributed by atoms with Gasteiger partial charge in [-0.1, -0.05) is 48.0 Å². The Kier molecular flexibility index (Phi) is 9.85. The first-order chi connectivity index (χ1) is 25.0. The SMILES string of the molecule is C=CC[C@H]1Oc2ccc(C)cc2-c2cccc(c2)-c2nc3cc(C)c([C@H](OC(C)(C)C)C(=O)OCC)c(c3s2)-c2ccc3c(c2)C(CCO3)C1C=C. The van der Waals surface area contributed by atoms with Crippen LogP contribution in [0.5, 0.6) is 11.5 Å². The number of rotatable bonds is 7. The van der Waals surface area contributed by atoms with Crippen molar-refractivity contribution in [1.82, 2.24) is 4.98 Å². The third-order valence-electron chi connectivity index (χ3n) is 9.95. The number of nitrogens with zero attached hydrogens (tertiary/aromatic N) is 1. The molecule has 0 amide bonds. The molecular formula is C45H47NO5S. The van der Waals surface area contributed by atoms with Gasteiger partial charge in [-0.15, -0.1) is 24.5 Å². The van der Waals surface area contributed by atoms with E-state index < -0.39 is 17.7 Å². The Morgan fingerprint density at radius 2 is 1.81 bits per heavy atom. The largest absolute Gasteiger partial charge is 0.493 e. The minimum absolute atomic E-state index is 0.0483. The maximum absolute atomic E-state index is 13.9. The highest BCUT2D eigenvalue weighted by molar-refractivity contribution is 7.22. The average molecular weight is 714 g/mol. The predicted octanol–water partition coefficient (Wildman–Crippen LogP) is 11.3. The van der Waals surface area contributed by atoms with Crippen molar-refractivity contribution in [3.05, 3.63) is 114 Å². The van der Waals surface area contributed by atoms with Crippen molar-refractivity contribution in [2.45, 2.75) is 78.1 Å². The molecule has 4 atom stereocenters. The number of fused-ring (bicyclic) bond motifs is 8. The molecule has 2 aliphatic heterocycles. The summed E-state index contributed by atoms with van der Waals surface area (Å²) < 4.78 is 26.6. The lowest BCUT2D eigenvalue weighted by atomic mass is 9.77. The number of hydrogen-bond acceptors (Lipinski definition) is 7. The second-order valence-corrected chi connectivity index (χ2v) is 15.8. The van der Waals surface area contributed by atoms with E-state index in [0.717, 1.165) is 83.2 Å². The third-order valence-corrected chi connectivity index (χ3v) is 11.1. The lowest BCUT2D eigenvalue weighted by molar-refractivity contribution is -0.166. The lowest BCUT2D eigenvalue weighted by Gasteiger charge is -2.36. The molecule has 268 valence electrons. The van der Waals surface area contributed by atoms with Crippen LogP contribution in [0.15, 0.2) is 92.0 Å². The molecule has 0 saturated carbocycles. The average Bonchev–Trinajstić information content (AvgIpc) is 3.54. The van der Waals surface area contributed by atoms with Gasteiger partial charge in [-0.2, -0.15) is 0 Å². The van der Waals surface area contributed by atoms with Gasteiger partial charge in [-0.3, -0.25) is 0 Å². The minimum Gasteiger partial charge on any atom is -0.493 e. The smallest absolute Gasteiger partial charge is 0.339 e. The van der Waals surface area contributed by atoms with Crippen molar-refractivity contribution in [2.24, 2.45) is 5.92 Å². The lowest BCUT2D eigenvalue weighted by Crippen LogP contribution is -2.33. The molecule has 0 N–H and O–H groups in total. The Hall–Kier alpha value is -4.72. The van der Waals surface area contributed by atoms with Gasteiger partial charge in [0, 0.05) is 40.5 Å². The second kappa shape index (κ2) is 14.4. The Morgan fingerprint density at radius 3 is 2.56 bits per heavy atom. The van der Waals surface area contributed by atoms with Crippen LogP contribution in [-0.2, 0) is 14.3 Å². The molecule has 5 aromatic rings. The van der Waals surface area contributed by atoms with E-state index in [1.165, 1.54) is 0 Å². The third kappa shape index (κ3) is 6.80. The molecule has 6 bridgehead atoms. The molecule has 6 nitrogen and oxygen atoms in total. The van der Waals surface area contributed by atoms with Crippen molar-refractivity contribution in [1.29, 1.82) is 0 Å². The number of carbonyl (C=O) groups is 1. The van der Waals surface area contributed by atoms with Crippen molar-refractivity contribution in [3.8, 4) is 44.3 Å². The molecule has 0 saturated heterocycles. The van der Waals surface area contributed by atoms with E-state index in [-0.39, 0.29) is 24.5 Å². The molecule has 2 unspecified atom stereocenters. The number of benzene rings is 4. The van der Waals surface area contributed by atoms with E-state index in [9.17, 15) is 4.79 Å². The zero-order valence-corrected chi connectivity index (χ0v) is 31.8. The maximum Gasteiger partial charge on any atom is 0.339 e. The number of carbonyl (C=O) groups excluding carboxylic acids is 1. The fourth-order valence-electron chi connectivity index (χ4n) is 7.71. The highest BCUT2D eigenvalue weighted by atomic mass is 32.1. The monoisotopic (exact) mass is 713 g/mol. The van der Waals surface area contributed by atoms with Gasteiger partial charge in [0.05, 0.1) is 29.0 Å². The highest BCUT2D eigenvalue weighted by Gasteiger charge is 2.37. The fourth-order valence-corrected chi connectivity index (χ4v) is 8.83. The summed E-state index contributed by atoms with van der Waals surface area (Å²) in [5.74, 6) is 1.27. The first-order valence-electron chi connectivity index (χ1n) is 18.2. The van der Waals surface area contributed by atoms with Crippen LogP contribution in [0.1, 0.15) is 74.8 Å². The van der Waals surface area contributed by atoms with E-state index in [1.54, 1.807) is 11.3 Å². The maximum atomic E-state index is 13.9. The Morgan fingerprint density at radius 1 is 1.02 bits per heavy atom. The van der Waals surface area contributed by atoms with Gasteiger partial charge >= 0.3 is 5.97 Å². The predicted molar refractivity (Wildman–Crippen MR) is 211 cm³/mol. The molecule has 52 heavy (non-hydrogen) atoms. The summed E-state index contributed by atoms with van der Waals surface area (Å²) in [6, 6.07) is 23.4. The van der Waals surface area contributed by atoms with E-state index in [4.69, 9.17) is 23.9 Å². The number of aromatic nitrogens is 1. The van der Waals surface area contributed by atoms with Crippen molar-refractivity contribution >= 4 is 27.5 Å². The van der Waals surface area contributed by atoms with Gasteiger partial charge in [0.15, 0.2) is 6.10 Å². The topological polar surface area (TPSA) is 66.9 Å². The number of aryl methyl sites for hydroxylation is 2. The molecule has 1 aromatic heterocycles. The van der Waals surface area contributed by atoms with Crippen LogP contribution in [0.3, 0.4) is 0 Å². The van der Waals surface area contributed by atoms with Crippen LogP contribution in [0, 0.1) is 19.8 Å². The van der Waals surface area contributed by atoms with E-state index in [1.807, 2.05) is 46.8 Å². The summed E-state index contributed by atoms with van der Waals surface area (Å²) in [5.41, 5.74) is 9.14. The number of hydrogen-bond donors (Lipinski definition) is 0. The summed E-state index contributed by atoms with van der Waals surface area (Å²) in [5, 5.41) is 0.886. The second-order valence-electron chi connectivity index (χ2n) is 14.8. The Labute approximate surface area is 311 Å². The zero-order valence-electron chi connectivity index (χ0n) is 31.0. The van der Waals surface area contributed by atoms with E-state index in [0.29, 0.717) is 13.0 Å². The van der Waals surface area contributed by atoms with E-state index >= 15 is 0 Å². The van der Waals surface area contributed by atoms with Gasteiger partial charge in [-0.05, 0) is 107 Å². The summed E-state index contributed by atoms with van der Waals surface area (Å²) >= 11 is 1.63. The number of ether oxygens (including phenoxy) is 4. The summed E-state index contributed by atoms with van der Waals surface area (Å²) in [6.45, 7) is 21.2. The van der Waals surface area contributed by atoms with Crippen LogP contribution in [0.2, 0.25) is 0 Å². The van der Waals surface area contributed by atoms with Gasteiger partial charge in [0.25, 0.3) is 0 Å². The van der Waals surface area contributed by atoms with Crippen molar-refractivity contribution < 1.29 is 23.7 Å². The van der Waals surface area contributed by atoms with Crippen LogP contribution >= 0.6 is 11.3 Å². The molecular weight excluding hydrogens is 667 g/mol.